The van der Waals surface area contributed by atoms with E-state index < -0.39 is 0 Å². The second kappa shape index (κ2) is 9.57. The van der Waals surface area contributed by atoms with Crippen LogP contribution < -0.4 is 14.7 Å². The molecule has 2 aliphatic heterocycles. The number of halogens is 1. The van der Waals surface area contributed by atoms with Crippen molar-refractivity contribution in [3.8, 4) is 11.4 Å². The van der Waals surface area contributed by atoms with Gasteiger partial charge < -0.3 is 19.8 Å². The number of rotatable bonds is 5. The highest BCUT2D eigenvalue weighted by Crippen LogP contribution is 2.32. The Balaban J connectivity index is 1.46. The molecule has 2 aliphatic rings. The fourth-order valence-corrected chi connectivity index (χ4v) is 5.14. The molecule has 6 nitrogen and oxygen atoms in total. The molecule has 3 heterocycles. The van der Waals surface area contributed by atoms with Crippen LogP contribution in [0.3, 0.4) is 0 Å². The van der Waals surface area contributed by atoms with Crippen LogP contribution in [0.15, 0.2) is 54.6 Å². The first-order chi connectivity index (χ1) is 16.1. The zero-order chi connectivity index (χ0) is 22.8. The van der Waals surface area contributed by atoms with E-state index in [1.54, 1.807) is 0 Å². The fraction of sp³-hybridized carbons (Fsp3) is 0.385. The summed E-state index contributed by atoms with van der Waals surface area (Å²) >= 11 is 6.43. The molecule has 2 aromatic carbocycles. The van der Waals surface area contributed by atoms with E-state index >= 15 is 0 Å². The standard InChI is InChI=1S/C26H30ClN5O/c1-19-7-2-3-9-21(19)26-28-24(17-25(29-26)32-12-6-8-20(32)18-33)31-15-13-30(14-16-31)23-11-5-4-10-22(23)27/h2-5,7,9-11,17,20,33H,6,8,12-16,18H2,1H3. The average molecular weight is 464 g/mol. The van der Waals surface area contributed by atoms with Gasteiger partial charge in [0.05, 0.1) is 23.4 Å². The van der Waals surface area contributed by atoms with Gasteiger partial charge in [-0.1, -0.05) is 48.0 Å². The largest absolute Gasteiger partial charge is 0.394 e. The number of aliphatic hydroxyl groups excluding tert-OH is 1. The van der Waals surface area contributed by atoms with Crippen molar-refractivity contribution in [1.29, 1.82) is 0 Å². The molecule has 1 N–H and O–H groups in total. The van der Waals surface area contributed by atoms with E-state index in [-0.39, 0.29) is 12.6 Å². The number of hydrogen-bond donors (Lipinski definition) is 1. The fourth-order valence-electron chi connectivity index (χ4n) is 4.89. The summed E-state index contributed by atoms with van der Waals surface area (Å²) in [4.78, 5) is 16.9. The predicted octanol–water partition coefficient (Wildman–Crippen LogP) is 4.39. The molecule has 0 bridgehead atoms. The van der Waals surface area contributed by atoms with Crippen molar-refractivity contribution in [2.24, 2.45) is 0 Å². The number of benzene rings is 2. The Labute approximate surface area is 200 Å². The lowest BCUT2D eigenvalue weighted by molar-refractivity contribution is 0.266. The molecule has 7 heteroatoms. The van der Waals surface area contributed by atoms with E-state index in [1.807, 2.05) is 30.3 Å². The molecule has 0 radical (unpaired) electrons. The lowest BCUT2D eigenvalue weighted by Gasteiger charge is -2.37. The van der Waals surface area contributed by atoms with Crippen LogP contribution in [0, 0.1) is 6.92 Å². The van der Waals surface area contributed by atoms with Crippen molar-refractivity contribution in [3.63, 3.8) is 0 Å². The van der Waals surface area contributed by atoms with Crippen molar-refractivity contribution in [2.75, 3.05) is 54.0 Å². The Hall–Kier alpha value is -2.83. The molecule has 1 unspecified atom stereocenters. The van der Waals surface area contributed by atoms with Gasteiger partial charge in [0.2, 0.25) is 0 Å². The van der Waals surface area contributed by atoms with Crippen LogP contribution in [0.1, 0.15) is 18.4 Å². The van der Waals surface area contributed by atoms with Crippen LogP contribution in [-0.2, 0) is 0 Å². The molecule has 0 amide bonds. The van der Waals surface area contributed by atoms with Gasteiger partial charge in [0.25, 0.3) is 0 Å². The summed E-state index contributed by atoms with van der Waals surface area (Å²) < 4.78 is 0. The zero-order valence-electron chi connectivity index (χ0n) is 19.0. The van der Waals surface area contributed by atoms with Gasteiger partial charge in [0, 0.05) is 44.4 Å². The summed E-state index contributed by atoms with van der Waals surface area (Å²) in [5.41, 5.74) is 3.30. The Morgan fingerprint density at radius 3 is 2.36 bits per heavy atom. The number of para-hydroxylation sites is 1. The molecule has 2 fully saturated rings. The SMILES string of the molecule is Cc1ccccc1-c1nc(N2CCN(c3ccccc3Cl)CC2)cc(N2CCCC2CO)n1. The van der Waals surface area contributed by atoms with Crippen LogP contribution in [0.5, 0.6) is 0 Å². The smallest absolute Gasteiger partial charge is 0.164 e. The lowest BCUT2D eigenvalue weighted by atomic mass is 10.1. The van der Waals surface area contributed by atoms with Gasteiger partial charge in [-0.15, -0.1) is 0 Å². The summed E-state index contributed by atoms with van der Waals surface area (Å²) in [6, 6.07) is 18.5. The van der Waals surface area contributed by atoms with Gasteiger partial charge in [0.15, 0.2) is 5.82 Å². The average Bonchev–Trinajstić information content (AvgIpc) is 3.34. The first-order valence-electron chi connectivity index (χ1n) is 11.7. The van der Waals surface area contributed by atoms with Gasteiger partial charge in [-0.3, -0.25) is 0 Å². The number of aryl methyl sites for hydroxylation is 1. The predicted molar refractivity (Wildman–Crippen MR) is 136 cm³/mol. The highest BCUT2D eigenvalue weighted by atomic mass is 35.5. The molecule has 2 saturated heterocycles. The van der Waals surface area contributed by atoms with Crippen molar-refractivity contribution in [2.45, 2.75) is 25.8 Å². The zero-order valence-corrected chi connectivity index (χ0v) is 19.7. The molecule has 1 atom stereocenters. The second-order valence-corrected chi connectivity index (χ2v) is 9.23. The second-order valence-electron chi connectivity index (χ2n) is 8.82. The number of nitrogens with zero attached hydrogens (tertiary/aromatic N) is 5. The quantitative estimate of drug-likeness (QED) is 0.605. The maximum Gasteiger partial charge on any atom is 0.164 e. The minimum atomic E-state index is 0.120. The third-order valence-electron chi connectivity index (χ3n) is 6.76. The van der Waals surface area contributed by atoms with Crippen molar-refractivity contribution in [3.05, 3.63) is 65.2 Å². The van der Waals surface area contributed by atoms with E-state index in [1.165, 1.54) is 0 Å². The number of aliphatic hydroxyl groups is 1. The van der Waals surface area contributed by atoms with Crippen LogP contribution >= 0.6 is 11.6 Å². The highest BCUT2D eigenvalue weighted by Gasteiger charge is 2.28. The Bertz CT molecular complexity index is 1120. The van der Waals surface area contributed by atoms with Gasteiger partial charge in [0.1, 0.15) is 11.6 Å². The Morgan fingerprint density at radius 1 is 0.909 bits per heavy atom. The van der Waals surface area contributed by atoms with Gasteiger partial charge in [-0.2, -0.15) is 0 Å². The number of piperazine rings is 1. The normalized spacial score (nSPS) is 18.8. The number of aromatic nitrogens is 2. The van der Waals surface area contributed by atoms with E-state index in [4.69, 9.17) is 21.6 Å². The van der Waals surface area contributed by atoms with E-state index in [9.17, 15) is 5.11 Å². The highest BCUT2D eigenvalue weighted by molar-refractivity contribution is 6.33. The summed E-state index contributed by atoms with van der Waals surface area (Å²) in [6.45, 7) is 6.64. The maximum absolute atomic E-state index is 9.89. The Kier molecular flexibility index (Phi) is 6.38. The van der Waals surface area contributed by atoms with Gasteiger partial charge in [-0.25, -0.2) is 9.97 Å². The Morgan fingerprint density at radius 2 is 1.61 bits per heavy atom. The van der Waals surface area contributed by atoms with Gasteiger partial charge >= 0.3 is 0 Å². The molecular formula is C26H30ClN5O. The molecule has 0 aliphatic carbocycles. The summed E-state index contributed by atoms with van der Waals surface area (Å²) in [6.07, 6.45) is 2.06. The monoisotopic (exact) mass is 463 g/mol. The molecule has 172 valence electrons. The third-order valence-corrected chi connectivity index (χ3v) is 7.08. The minimum Gasteiger partial charge on any atom is -0.394 e. The first-order valence-corrected chi connectivity index (χ1v) is 12.1. The van der Waals surface area contributed by atoms with Crippen molar-refractivity contribution in [1.82, 2.24) is 9.97 Å². The van der Waals surface area contributed by atoms with Crippen LogP contribution in [-0.4, -0.2) is 60.4 Å². The van der Waals surface area contributed by atoms with E-state index in [2.05, 4.69) is 45.9 Å². The molecule has 0 spiro atoms. The molecule has 33 heavy (non-hydrogen) atoms. The van der Waals surface area contributed by atoms with Crippen LogP contribution in [0.25, 0.3) is 11.4 Å². The molecule has 0 saturated carbocycles. The van der Waals surface area contributed by atoms with Gasteiger partial charge in [-0.05, 0) is 37.5 Å². The molecule has 3 aromatic rings. The summed E-state index contributed by atoms with van der Waals surface area (Å²) in [5.74, 6) is 2.60. The van der Waals surface area contributed by atoms with Crippen LogP contribution in [0.2, 0.25) is 5.02 Å². The summed E-state index contributed by atoms with van der Waals surface area (Å²) in [7, 11) is 0. The van der Waals surface area contributed by atoms with Crippen molar-refractivity contribution < 1.29 is 5.11 Å². The lowest BCUT2D eigenvalue weighted by Crippen LogP contribution is -2.47. The molecule has 1 aromatic heterocycles. The minimum absolute atomic E-state index is 0.120. The van der Waals surface area contributed by atoms with E-state index in [0.29, 0.717) is 0 Å². The molecular weight excluding hydrogens is 434 g/mol. The first kappa shape index (κ1) is 22.0. The maximum atomic E-state index is 9.89. The van der Waals surface area contributed by atoms with E-state index in [0.717, 1.165) is 84.9 Å². The third kappa shape index (κ3) is 4.50. The topological polar surface area (TPSA) is 55.7 Å². The number of anilines is 3. The van der Waals surface area contributed by atoms with Crippen molar-refractivity contribution >= 4 is 28.9 Å². The number of hydrogen-bond acceptors (Lipinski definition) is 6. The molecule has 5 rings (SSSR count). The summed E-state index contributed by atoms with van der Waals surface area (Å²) in [5, 5.41) is 10.7. The van der Waals surface area contributed by atoms with Crippen LogP contribution in [0.4, 0.5) is 17.3 Å².